The Morgan fingerprint density at radius 3 is 2.00 bits per heavy atom. The van der Waals surface area contributed by atoms with Crippen molar-refractivity contribution in [3.63, 3.8) is 0 Å². The van der Waals surface area contributed by atoms with Gasteiger partial charge >= 0.3 is 0 Å². The molecule has 0 aromatic heterocycles. The van der Waals surface area contributed by atoms with Crippen molar-refractivity contribution in [3.05, 3.63) is 60.2 Å². The predicted molar refractivity (Wildman–Crippen MR) is 95.2 cm³/mol. The van der Waals surface area contributed by atoms with Crippen molar-refractivity contribution in [2.75, 3.05) is 5.75 Å². The van der Waals surface area contributed by atoms with Gasteiger partial charge in [-0.2, -0.15) is 0 Å². The van der Waals surface area contributed by atoms with Crippen LogP contribution >= 0.6 is 11.6 Å². The molecule has 23 heavy (non-hydrogen) atoms. The lowest BCUT2D eigenvalue weighted by molar-refractivity contribution is 0.154. The summed E-state index contributed by atoms with van der Waals surface area (Å²) in [5.41, 5.74) is 2.55. The molecule has 124 valence electrons. The van der Waals surface area contributed by atoms with Crippen LogP contribution in [0.5, 0.6) is 0 Å². The summed E-state index contributed by atoms with van der Waals surface area (Å²) in [6.45, 7) is 3.20. The molecule has 2 aromatic rings. The van der Waals surface area contributed by atoms with E-state index in [-0.39, 0.29) is 12.2 Å². The molecule has 3 nitrogen and oxygen atoms in total. The summed E-state index contributed by atoms with van der Waals surface area (Å²) in [5, 5.41) is 10.6. The summed E-state index contributed by atoms with van der Waals surface area (Å²) in [6, 6.07) is 17.0. The van der Waals surface area contributed by atoms with Gasteiger partial charge in [-0.1, -0.05) is 80.0 Å². The van der Waals surface area contributed by atoms with Crippen LogP contribution < -0.4 is 0 Å². The van der Waals surface area contributed by atoms with Crippen LogP contribution in [-0.2, 0) is 9.84 Å². The van der Waals surface area contributed by atoms with Gasteiger partial charge in [0.25, 0.3) is 0 Å². The summed E-state index contributed by atoms with van der Waals surface area (Å²) < 4.78 is 22.8. The standard InChI is InChI=1S/C18H21ClO3S/c1-3-18(19,23(21,22)4-2)17(20)16-12-10-15(11-13-16)14-8-6-5-7-9-14/h5-13,17,20H,3-4H2,1-2H3/t17-,18+/m1/s1. The largest absolute Gasteiger partial charge is 0.385 e. The fourth-order valence-corrected chi connectivity index (χ4v) is 4.41. The highest BCUT2D eigenvalue weighted by molar-refractivity contribution is 7.94. The second-order valence-corrected chi connectivity index (χ2v) is 8.87. The Morgan fingerprint density at radius 1 is 1.00 bits per heavy atom. The number of aliphatic hydroxyl groups excluding tert-OH is 1. The Labute approximate surface area is 142 Å². The van der Waals surface area contributed by atoms with Gasteiger partial charge in [0.1, 0.15) is 6.10 Å². The van der Waals surface area contributed by atoms with Crippen LogP contribution in [0.1, 0.15) is 31.9 Å². The summed E-state index contributed by atoms with van der Waals surface area (Å²) in [4.78, 5) is 0. The van der Waals surface area contributed by atoms with Gasteiger partial charge in [0, 0.05) is 5.75 Å². The SMILES string of the molecule is CC[C@@](Cl)([C@H](O)c1ccc(-c2ccccc2)cc1)S(=O)(=O)CC. The van der Waals surface area contributed by atoms with E-state index in [2.05, 4.69) is 0 Å². The van der Waals surface area contributed by atoms with E-state index in [4.69, 9.17) is 11.6 Å². The first kappa shape index (κ1) is 18.0. The molecule has 0 amide bonds. The van der Waals surface area contributed by atoms with Crippen LogP contribution in [0.25, 0.3) is 11.1 Å². The molecule has 2 aromatic carbocycles. The van der Waals surface area contributed by atoms with Crippen molar-refractivity contribution < 1.29 is 13.5 Å². The fourth-order valence-electron chi connectivity index (χ4n) is 2.56. The van der Waals surface area contributed by atoms with Crippen LogP contribution in [0.2, 0.25) is 0 Å². The van der Waals surface area contributed by atoms with E-state index < -0.39 is 20.1 Å². The van der Waals surface area contributed by atoms with E-state index in [9.17, 15) is 13.5 Å². The van der Waals surface area contributed by atoms with Gasteiger partial charge in [-0.3, -0.25) is 0 Å². The predicted octanol–water partition coefficient (Wildman–Crippen LogP) is 4.17. The monoisotopic (exact) mass is 352 g/mol. The van der Waals surface area contributed by atoms with Gasteiger partial charge < -0.3 is 5.11 Å². The Kier molecular flexibility index (Phi) is 5.50. The second kappa shape index (κ2) is 7.04. The van der Waals surface area contributed by atoms with Gasteiger partial charge in [0.2, 0.25) is 0 Å². The molecule has 0 fully saturated rings. The van der Waals surface area contributed by atoms with Crippen molar-refractivity contribution in [1.82, 2.24) is 0 Å². The average Bonchev–Trinajstić information content (AvgIpc) is 2.61. The lowest BCUT2D eigenvalue weighted by Gasteiger charge is -2.30. The van der Waals surface area contributed by atoms with E-state index in [0.717, 1.165) is 11.1 Å². The first-order valence-corrected chi connectivity index (χ1v) is 9.63. The highest BCUT2D eigenvalue weighted by Crippen LogP contribution is 2.40. The maximum absolute atomic E-state index is 12.3. The van der Waals surface area contributed by atoms with Crippen molar-refractivity contribution >= 4 is 21.4 Å². The third kappa shape index (κ3) is 3.44. The molecular weight excluding hydrogens is 332 g/mol. The third-order valence-electron chi connectivity index (χ3n) is 4.12. The molecule has 0 saturated heterocycles. The van der Waals surface area contributed by atoms with Crippen molar-refractivity contribution in [3.8, 4) is 11.1 Å². The number of alkyl halides is 1. The van der Waals surface area contributed by atoms with Crippen LogP contribution in [0.3, 0.4) is 0 Å². The van der Waals surface area contributed by atoms with E-state index in [1.54, 1.807) is 19.1 Å². The Balaban J connectivity index is 2.35. The molecule has 0 spiro atoms. The zero-order chi connectivity index (χ0) is 17.1. The van der Waals surface area contributed by atoms with Crippen LogP contribution in [0.4, 0.5) is 0 Å². The van der Waals surface area contributed by atoms with Crippen molar-refractivity contribution in [2.24, 2.45) is 0 Å². The van der Waals surface area contributed by atoms with Gasteiger partial charge in [-0.15, -0.1) is 0 Å². The molecule has 0 saturated carbocycles. The zero-order valence-electron chi connectivity index (χ0n) is 13.2. The quantitative estimate of drug-likeness (QED) is 0.794. The maximum atomic E-state index is 12.3. The van der Waals surface area contributed by atoms with Crippen LogP contribution in [0, 0.1) is 0 Å². The number of halogens is 1. The number of rotatable bonds is 6. The smallest absolute Gasteiger partial charge is 0.175 e. The van der Waals surface area contributed by atoms with Crippen molar-refractivity contribution in [2.45, 2.75) is 30.6 Å². The number of hydrogen-bond acceptors (Lipinski definition) is 3. The second-order valence-electron chi connectivity index (χ2n) is 5.43. The molecule has 0 radical (unpaired) electrons. The van der Waals surface area contributed by atoms with E-state index in [0.29, 0.717) is 5.56 Å². The molecule has 2 atom stereocenters. The Bertz CT molecular complexity index is 742. The molecular formula is C18H21ClO3S. The summed E-state index contributed by atoms with van der Waals surface area (Å²) in [6.07, 6.45) is -1.14. The number of hydrogen-bond donors (Lipinski definition) is 1. The molecule has 0 heterocycles. The molecule has 5 heteroatoms. The molecule has 0 aliphatic rings. The Morgan fingerprint density at radius 2 is 1.52 bits per heavy atom. The van der Waals surface area contributed by atoms with Crippen molar-refractivity contribution in [1.29, 1.82) is 0 Å². The molecule has 0 unspecified atom stereocenters. The lowest BCUT2D eigenvalue weighted by Crippen LogP contribution is -2.39. The summed E-state index contributed by atoms with van der Waals surface area (Å²) in [7, 11) is -3.60. The van der Waals surface area contributed by atoms with Gasteiger partial charge in [-0.05, 0) is 23.1 Å². The van der Waals surface area contributed by atoms with Crippen LogP contribution in [-0.4, -0.2) is 23.5 Å². The van der Waals surface area contributed by atoms with E-state index in [1.807, 2.05) is 42.5 Å². The molecule has 1 N–H and O–H groups in total. The lowest BCUT2D eigenvalue weighted by atomic mass is 9.99. The van der Waals surface area contributed by atoms with Gasteiger partial charge in [0.15, 0.2) is 14.0 Å². The average molecular weight is 353 g/mol. The molecule has 0 aliphatic heterocycles. The molecule has 2 rings (SSSR count). The molecule has 0 bridgehead atoms. The van der Waals surface area contributed by atoms with Gasteiger partial charge in [-0.25, -0.2) is 8.42 Å². The number of sulfone groups is 1. The first-order chi connectivity index (χ1) is 10.9. The first-order valence-electron chi connectivity index (χ1n) is 7.60. The fraction of sp³-hybridized carbons (Fsp3) is 0.333. The Hall–Kier alpha value is -1.36. The minimum atomic E-state index is -3.60. The highest BCUT2D eigenvalue weighted by Gasteiger charge is 2.46. The van der Waals surface area contributed by atoms with Crippen LogP contribution in [0.15, 0.2) is 54.6 Å². The minimum Gasteiger partial charge on any atom is -0.385 e. The summed E-state index contributed by atoms with van der Waals surface area (Å²) >= 11 is 6.32. The third-order valence-corrected chi connectivity index (χ3v) is 7.61. The number of aliphatic hydroxyl groups is 1. The topological polar surface area (TPSA) is 54.4 Å². The van der Waals surface area contributed by atoms with Gasteiger partial charge in [0.05, 0.1) is 0 Å². The highest BCUT2D eigenvalue weighted by atomic mass is 35.5. The normalized spacial score (nSPS) is 15.8. The summed E-state index contributed by atoms with van der Waals surface area (Å²) in [5.74, 6) is -0.108. The maximum Gasteiger partial charge on any atom is 0.175 e. The zero-order valence-corrected chi connectivity index (χ0v) is 14.8. The van der Waals surface area contributed by atoms with E-state index >= 15 is 0 Å². The number of benzene rings is 2. The minimum absolute atomic E-state index is 0.108. The molecule has 0 aliphatic carbocycles. The van der Waals surface area contributed by atoms with E-state index in [1.165, 1.54) is 6.92 Å².